The summed E-state index contributed by atoms with van der Waals surface area (Å²) in [6, 6.07) is 0. The van der Waals surface area contributed by atoms with Crippen LogP contribution in [0, 0.1) is 17.8 Å². The fraction of sp³-hybridized carbons (Fsp3) is 0.952. The summed E-state index contributed by atoms with van der Waals surface area (Å²) in [5, 5.41) is 0. The molecular weight excluding hydrogens is 284 g/mol. The van der Waals surface area contributed by atoms with E-state index in [1.807, 2.05) is 0 Å². The first-order valence-corrected chi connectivity index (χ1v) is 10.4. The quantitative estimate of drug-likeness (QED) is 0.388. The highest BCUT2D eigenvalue weighted by molar-refractivity contribution is 5.72. The van der Waals surface area contributed by atoms with Crippen molar-refractivity contribution in [3.63, 3.8) is 0 Å². The Morgan fingerprint density at radius 3 is 2.00 bits per heavy atom. The molecule has 0 heterocycles. The van der Waals surface area contributed by atoms with Crippen LogP contribution in [0.3, 0.4) is 0 Å². The number of hydrogen-bond acceptors (Lipinski definition) is 2. The van der Waals surface area contributed by atoms with Crippen molar-refractivity contribution in [1.29, 1.82) is 0 Å². The topological polar surface area (TPSA) is 26.3 Å². The van der Waals surface area contributed by atoms with Gasteiger partial charge in [-0.15, -0.1) is 0 Å². The van der Waals surface area contributed by atoms with Gasteiger partial charge in [0.25, 0.3) is 0 Å². The number of carbonyl (C=O) groups excluding carboxylic acids is 1. The average molecular weight is 323 g/mol. The fourth-order valence-electron chi connectivity index (χ4n) is 4.58. The van der Waals surface area contributed by atoms with Crippen LogP contribution in [0.1, 0.15) is 104 Å². The molecule has 134 valence electrons. The molecule has 0 unspecified atom stereocenters. The van der Waals surface area contributed by atoms with Gasteiger partial charge in [-0.1, -0.05) is 52.4 Å². The largest absolute Gasteiger partial charge is 0.462 e. The molecule has 0 atom stereocenters. The number of esters is 1. The molecule has 2 saturated carbocycles. The van der Waals surface area contributed by atoms with Gasteiger partial charge < -0.3 is 4.74 Å². The number of carbonyl (C=O) groups is 1. The predicted octanol–water partition coefficient (Wildman–Crippen LogP) is 6.28. The maximum atomic E-state index is 12.4. The lowest BCUT2D eigenvalue weighted by atomic mass is 9.79. The van der Waals surface area contributed by atoms with E-state index >= 15 is 0 Å². The van der Waals surface area contributed by atoms with Gasteiger partial charge in [-0.25, -0.2) is 0 Å². The number of ether oxygens (including phenoxy) is 1. The normalized spacial score (nSPS) is 31.7. The van der Waals surface area contributed by atoms with Crippen LogP contribution in [-0.4, -0.2) is 12.1 Å². The molecule has 0 aromatic carbocycles. The third-order valence-corrected chi connectivity index (χ3v) is 6.17. The molecule has 2 rings (SSSR count). The SMILES string of the molecule is CCCCC[C@H]1CC[C@H](C(=O)OC2CCC(CCC)CC2)CC1. The van der Waals surface area contributed by atoms with Gasteiger partial charge in [-0.05, 0) is 63.2 Å². The molecule has 0 saturated heterocycles. The van der Waals surface area contributed by atoms with Crippen LogP contribution < -0.4 is 0 Å². The molecule has 0 amide bonds. The second-order valence-corrected chi connectivity index (χ2v) is 8.08. The first kappa shape index (κ1) is 18.8. The van der Waals surface area contributed by atoms with E-state index in [2.05, 4.69) is 13.8 Å². The lowest BCUT2D eigenvalue weighted by molar-refractivity contribution is -0.157. The second-order valence-electron chi connectivity index (χ2n) is 8.08. The highest BCUT2D eigenvalue weighted by Gasteiger charge is 2.30. The zero-order chi connectivity index (χ0) is 16.5. The lowest BCUT2D eigenvalue weighted by Gasteiger charge is -2.31. The van der Waals surface area contributed by atoms with Crippen LogP contribution in [0.2, 0.25) is 0 Å². The van der Waals surface area contributed by atoms with Crippen molar-refractivity contribution >= 4 is 5.97 Å². The lowest BCUT2D eigenvalue weighted by Crippen LogP contribution is -2.30. The molecule has 2 fully saturated rings. The molecule has 2 heteroatoms. The van der Waals surface area contributed by atoms with E-state index in [1.165, 1.54) is 64.2 Å². The zero-order valence-corrected chi connectivity index (χ0v) is 15.5. The summed E-state index contributed by atoms with van der Waals surface area (Å²) in [5.74, 6) is 2.07. The summed E-state index contributed by atoms with van der Waals surface area (Å²) in [7, 11) is 0. The molecule has 2 aliphatic carbocycles. The van der Waals surface area contributed by atoms with Gasteiger partial charge >= 0.3 is 5.97 Å². The zero-order valence-electron chi connectivity index (χ0n) is 15.5. The Balaban J connectivity index is 1.62. The van der Waals surface area contributed by atoms with Crippen molar-refractivity contribution in [2.45, 2.75) is 110 Å². The Kier molecular flexibility index (Phi) is 8.47. The minimum atomic E-state index is 0.121. The van der Waals surface area contributed by atoms with E-state index in [-0.39, 0.29) is 18.0 Å². The first-order chi connectivity index (χ1) is 11.2. The standard InChI is InChI=1S/C21H38O2/c1-3-5-6-8-18-9-13-19(14-10-18)21(22)23-20-15-11-17(7-4-2)12-16-20/h17-20H,3-16H2,1-2H3/t17?,18-,19-,20?. The second kappa shape index (κ2) is 10.4. The smallest absolute Gasteiger partial charge is 0.309 e. The predicted molar refractivity (Wildman–Crippen MR) is 96.3 cm³/mol. The number of unbranched alkanes of at least 4 members (excludes halogenated alkanes) is 2. The Morgan fingerprint density at radius 1 is 0.783 bits per heavy atom. The molecule has 0 aromatic rings. The number of rotatable bonds is 8. The van der Waals surface area contributed by atoms with Crippen molar-refractivity contribution in [3.05, 3.63) is 0 Å². The Hall–Kier alpha value is -0.530. The summed E-state index contributed by atoms with van der Waals surface area (Å²) < 4.78 is 5.85. The van der Waals surface area contributed by atoms with Crippen molar-refractivity contribution in [2.24, 2.45) is 17.8 Å². The summed E-state index contributed by atoms with van der Waals surface area (Å²) in [6.45, 7) is 4.54. The van der Waals surface area contributed by atoms with Crippen molar-refractivity contribution in [1.82, 2.24) is 0 Å². The Morgan fingerprint density at radius 2 is 1.39 bits per heavy atom. The molecule has 0 spiro atoms. The highest BCUT2D eigenvalue weighted by atomic mass is 16.5. The van der Waals surface area contributed by atoms with Crippen LogP contribution in [0.15, 0.2) is 0 Å². The van der Waals surface area contributed by atoms with Crippen molar-refractivity contribution in [2.75, 3.05) is 0 Å². The molecule has 0 N–H and O–H groups in total. The minimum Gasteiger partial charge on any atom is -0.462 e. The molecule has 23 heavy (non-hydrogen) atoms. The van der Waals surface area contributed by atoms with Gasteiger partial charge in [-0.2, -0.15) is 0 Å². The summed E-state index contributed by atoms with van der Waals surface area (Å²) >= 11 is 0. The van der Waals surface area contributed by atoms with Crippen LogP contribution in [0.5, 0.6) is 0 Å². The van der Waals surface area contributed by atoms with E-state index in [4.69, 9.17) is 4.74 Å². The Labute approximate surface area is 143 Å². The van der Waals surface area contributed by atoms with Crippen molar-refractivity contribution < 1.29 is 9.53 Å². The van der Waals surface area contributed by atoms with Gasteiger partial charge in [-0.3, -0.25) is 4.79 Å². The van der Waals surface area contributed by atoms with Gasteiger partial charge in [0.05, 0.1) is 5.92 Å². The summed E-state index contributed by atoms with van der Waals surface area (Å²) in [6.07, 6.45) is 17.6. The molecule has 0 radical (unpaired) electrons. The van der Waals surface area contributed by atoms with Crippen LogP contribution in [-0.2, 0) is 9.53 Å². The first-order valence-electron chi connectivity index (χ1n) is 10.4. The van der Waals surface area contributed by atoms with Crippen LogP contribution >= 0.6 is 0 Å². The van der Waals surface area contributed by atoms with Gasteiger partial charge in [0.2, 0.25) is 0 Å². The fourth-order valence-corrected chi connectivity index (χ4v) is 4.58. The van der Waals surface area contributed by atoms with Gasteiger partial charge in [0.15, 0.2) is 0 Å². The Bertz CT molecular complexity index is 323. The minimum absolute atomic E-state index is 0.121. The molecule has 2 aliphatic rings. The van der Waals surface area contributed by atoms with Gasteiger partial charge in [0.1, 0.15) is 6.10 Å². The monoisotopic (exact) mass is 322 g/mol. The van der Waals surface area contributed by atoms with Gasteiger partial charge in [0, 0.05) is 0 Å². The van der Waals surface area contributed by atoms with E-state index in [1.54, 1.807) is 0 Å². The molecule has 2 nitrogen and oxygen atoms in total. The molecule has 0 bridgehead atoms. The third kappa shape index (κ3) is 6.47. The maximum Gasteiger partial charge on any atom is 0.309 e. The molecule has 0 aromatic heterocycles. The van der Waals surface area contributed by atoms with E-state index < -0.39 is 0 Å². The summed E-state index contributed by atoms with van der Waals surface area (Å²) in [4.78, 5) is 12.4. The molecule has 0 aliphatic heterocycles. The van der Waals surface area contributed by atoms with Crippen molar-refractivity contribution in [3.8, 4) is 0 Å². The van der Waals surface area contributed by atoms with Crippen LogP contribution in [0.25, 0.3) is 0 Å². The number of hydrogen-bond donors (Lipinski definition) is 0. The van der Waals surface area contributed by atoms with E-state index in [9.17, 15) is 4.79 Å². The van der Waals surface area contributed by atoms with E-state index in [0.717, 1.165) is 37.5 Å². The third-order valence-electron chi connectivity index (χ3n) is 6.17. The highest BCUT2D eigenvalue weighted by Crippen LogP contribution is 2.34. The maximum absolute atomic E-state index is 12.4. The average Bonchev–Trinajstić information content (AvgIpc) is 2.58. The van der Waals surface area contributed by atoms with E-state index in [0.29, 0.717) is 0 Å². The summed E-state index contributed by atoms with van der Waals surface area (Å²) in [5.41, 5.74) is 0. The van der Waals surface area contributed by atoms with Crippen LogP contribution in [0.4, 0.5) is 0 Å². The molecular formula is C21H38O2.